The first-order valence-corrected chi connectivity index (χ1v) is 14.0. The molecule has 0 heterocycles. The molecule has 0 fully saturated rings. The number of benzene rings is 4. The molecule has 204 valence electrons. The Kier molecular flexibility index (Phi) is 9.73. The standard InChI is InChI=1S/C36H43NO2/c1-28(2)37(29(3)4)23-22-34(33-18-12-7-13-19-33)35-24-32(26-38-25-30-14-8-5-9-15-30)20-21-36(35)39-27-31-16-10-6-11-17-31/h5-21,24,28-29,34H,22-23,25-27H2,1-4H3/t34-/m1/s1/i26D2. The summed E-state index contributed by atoms with van der Waals surface area (Å²) in [7, 11) is 0. The first kappa shape index (κ1) is 25.9. The van der Waals surface area contributed by atoms with Crippen LogP contribution in [0.2, 0.25) is 0 Å². The molecule has 0 aliphatic rings. The number of rotatable bonds is 14. The van der Waals surface area contributed by atoms with Gasteiger partial charge >= 0.3 is 0 Å². The maximum atomic E-state index is 8.84. The van der Waals surface area contributed by atoms with E-state index in [1.807, 2.05) is 66.7 Å². The summed E-state index contributed by atoms with van der Waals surface area (Å²) in [5.41, 5.74) is 4.67. The molecule has 0 unspecified atom stereocenters. The third-order valence-corrected chi connectivity index (χ3v) is 7.10. The van der Waals surface area contributed by atoms with Gasteiger partial charge in [0.15, 0.2) is 0 Å². The fraction of sp³-hybridized carbons (Fsp3) is 0.333. The first-order chi connectivity index (χ1) is 19.7. The van der Waals surface area contributed by atoms with Crippen LogP contribution in [-0.4, -0.2) is 23.5 Å². The molecule has 0 spiro atoms. The molecule has 3 heteroatoms. The van der Waals surface area contributed by atoms with Gasteiger partial charge in [0, 0.05) is 23.6 Å². The van der Waals surface area contributed by atoms with E-state index in [0.717, 1.165) is 35.4 Å². The summed E-state index contributed by atoms with van der Waals surface area (Å²) in [4.78, 5) is 2.51. The number of hydrogen-bond donors (Lipinski definition) is 0. The summed E-state index contributed by atoms with van der Waals surface area (Å²) in [5.74, 6) is 0.790. The first-order valence-electron chi connectivity index (χ1n) is 15.0. The average molecular weight is 524 g/mol. The summed E-state index contributed by atoms with van der Waals surface area (Å²) in [6.45, 7) is 8.54. The van der Waals surface area contributed by atoms with Crippen LogP contribution in [-0.2, 0) is 24.5 Å². The fourth-order valence-corrected chi connectivity index (χ4v) is 5.11. The molecule has 0 saturated heterocycles. The lowest BCUT2D eigenvalue weighted by Crippen LogP contribution is -2.38. The lowest BCUT2D eigenvalue weighted by molar-refractivity contribution is 0.107. The van der Waals surface area contributed by atoms with Crippen LogP contribution in [0, 0.1) is 0 Å². The third kappa shape index (κ3) is 8.54. The van der Waals surface area contributed by atoms with Gasteiger partial charge in [-0.05, 0) is 75.0 Å². The van der Waals surface area contributed by atoms with Gasteiger partial charge in [-0.1, -0.05) is 97.1 Å². The van der Waals surface area contributed by atoms with Crippen LogP contribution < -0.4 is 4.74 Å². The van der Waals surface area contributed by atoms with E-state index in [4.69, 9.17) is 12.2 Å². The highest BCUT2D eigenvalue weighted by Gasteiger charge is 2.22. The molecule has 0 amide bonds. The zero-order valence-electron chi connectivity index (χ0n) is 25.7. The number of ether oxygens (including phenoxy) is 2. The second-order valence-electron chi connectivity index (χ2n) is 10.6. The van der Waals surface area contributed by atoms with Crippen molar-refractivity contribution in [2.24, 2.45) is 0 Å². The van der Waals surface area contributed by atoms with Gasteiger partial charge in [-0.2, -0.15) is 0 Å². The topological polar surface area (TPSA) is 21.7 Å². The molecule has 39 heavy (non-hydrogen) atoms. The summed E-state index contributed by atoms with van der Waals surface area (Å²) in [5, 5.41) is 0. The lowest BCUT2D eigenvalue weighted by Gasteiger charge is -2.32. The molecule has 0 saturated carbocycles. The van der Waals surface area contributed by atoms with Gasteiger partial charge in [0.05, 0.1) is 15.9 Å². The minimum absolute atomic E-state index is 0.0202. The molecule has 4 aromatic rings. The molecular formula is C36H43NO2. The van der Waals surface area contributed by atoms with Crippen molar-refractivity contribution >= 4 is 0 Å². The average Bonchev–Trinajstić information content (AvgIpc) is 2.98. The highest BCUT2D eigenvalue weighted by molar-refractivity contribution is 5.44. The largest absolute Gasteiger partial charge is 0.489 e. The maximum Gasteiger partial charge on any atom is 0.123 e. The molecule has 4 rings (SSSR count). The predicted molar refractivity (Wildman–Crippen MR) is 162 cm³/mol. The lowest BCUT2D eigenvalue weighted by atomic mass is 9.86. The molecule has 0 aliphatic heterocycles. The second kappa shape index (κ2) is 14.7. The Balaban J connectivity index is 1.71. The van der Waals surface area contributed by atoms with E-state index < -0.39 is 6.56 Å². The van der Waals surface area contributed by atoms with Gasteiger partial charge in [0.2, 0.25) is 0 Å². The molecule has 0 bridgehead atoms. The minimum atomic E-state index is -1.97. The van der Waals surface area contributed by atoms with E-state index in [1.54, 1.807) is 6.07 Å². The fourth-order valence-electron chi connectivity index (χ4n) is 5.11. The van der Waals surface area contributed by atoms with E-state index in [2.05, 4.69) is 69.0 Å². The monoisotopic (exact) mass is 523 g/mol. The Morgan fingerprint density at radius 1 is 0.667 bits per heavy atom. The van der Waals surface area contributed by atoms with Crippen LogP contribution in [0.4, 0.5) is 0 Å². The van der Waals surface area contributed by atoms with Crippen LogP contribution in [0.15, 0.2) is 109 Å². The molecule has 0 aromatic heterocycles. The van der Waals surface area contributed by atoms with Crippen molar-refractivity contribution in [1.82, 2.24) is 4.90 Å². The van der Waals surface area contributed by atoms with Crippen LogP contribution in [0.25, 0.3) is 0 Å². The Morgan fingerprint density at radius 2 is 1.23 bits per heavy atom. The molecule has 1 atom stereocenters. The molecule has 0 aliphatic carbocycles. The van der Waals surface area contributed by atoms with Crippen molar-refractivity contribution in [3.8, 4) is 5.75 Å². The highest BCUT2D eigenvalue weighted by atomic mass is 16.5. The van der Waals surface area contributed by atoms with Crippen molar-refractivity contribution < 1.29 is 12.2 Å². The summed E-state index contributed by atoms with van der Waals surface area (Å²) >= 11 is 0. The Labute approximate surface area is 238 Å². The third-order valence-electron chi connectivity index (χ3n) is 7.10. The Bertz CT molecular complexity index is 1320. The summed E-state index contributed by atoms with van der Waals surface area (Å²) in [6, 6.07) is 36.9. The zero-order chi connectivity index (χ0) is 29.2. The van der Waals surface area contributed by atoms with Crippen molar-refractivity contribution in [2.75, 3.05) is 6.54 Å². The van der Waals surface area contributed by atoms with Gasteiger partial charge < -0.3 is 9.47 Å². The summed E-state index contributed by atoms with van der Waals surface area (Å²) < 4.78 is 30.0. The van der Waals surface area contributed by atoms with Gasteiger partial charge in [-0.25, -0.2) is 0 Å². The van der Waals surface area contributed by atoms with Gasteiger partial charge in [0.25, 0.3) is 0 Å². The SMILES string of the molecule is [2H]C([2H])(OCc1ccccc1)c1ccc(OCc2ccccc2)c([C@H](CCN(C(C)C)C(C)C)c2ccccc2)c1. The van der Waals surface area contributed by atoms with E-state index in [-0.39, 0.29) is 12.5 Å². The zero-order valence-corrected chi connectivity index (χ0v) is 23.7. The Hall–Kier alpha value is -3.40. The van der Waals surface area contributed by atoms with Gasteiger partial charge in [-0.15, -0.1) is 0 Å². The smallest absolute Gasteiger partial charge is 0.123 e. The van der Waals surface area contributed by atoms with Crippen LogP contribution >= 0.6 is 0 Å². The van der Waals surface area contributed by atoms with E-state index >= 15 is 0 Å². The molecule has 0 N–H and O–H groups in total. The Morgan fingerprint density at radius 3 is 1.82 bits per heavy atom. The highest BCUT2D eigenvalue weighted by Crippen LogP contribution is 2.36. The van der Waals surface area contributed by atoms with Crippen molar-refractivity contribution in [3.63, 3.8) is 0 Å². The van der Waals surface area contributed by atoms with E-state index in [9.17, 15) is 0 Å². The second-order valence-corrected chi connectivity index (χ2v) is 10.6. The van der Waals surface area contributed by atoms with Crippen LogP contribution in [0.3, 0.4) is 0 Å². The van der Waals surface area contributed by atoms with Crippen LogP contribution in [0.5, 0.6) is 5.75 Å². The molecule has 4 aromatic carbocycles. The maximum absolute atomic E-state index is 8.84. The summed E-state index contributed by atoms with van der Waals surface area (Å²) in [6.07, 6.45) is 0.874. The minimum Gasteiger partial charge on any atom is -0.489 e. The van der Waals surface area contributed by atoms with Crippen molar-refractivity contribution in [2.45, 2.75) is 71.9 Å². The van der Waals surface area contributed by atoms with Crippen molar-refractivity contribution in [1.29, 1.82) is 0 Å². The predicted octanol–water partition coefficient (Wildman–Crippen LogP) is 8.62. The number of hydrogen-bond acceptors (Lipinski definition) is 3. The van der Waals surface area contributed by atoms with E-state index in [0.29, 0.717) is 24.3 Å². The molecule has 0 radical (unpaired) electrons. The van der Waals surface area contributed by atoms with Crippen LogP contribution in [0.1, 0.15) is 70.6 Å². The number of nitrogens with zero attached hydrogens (tertiary/aromatic N) is 1. The van der Waals surface area contributed by atoms with Gasteiger partial charge in [-0.3, -0.25) is 4.90 Å². The normalized spacial score (nSPS) is 13.4. The van der Waals surface area contributed by atoms with Crippen molar-refractivity contribution in [3.05, 3.63) is 137 Å². The van der Waals surface area contributed by atoms with Gasteiger partial charge in [0.1, 0.15) is 12.4 Å². The molecule has 3 nitrogen and oxygen atoms in total. The quantitative estimate of drug-likeness (QED) is 0.165. The molecular weight excluding hydrogens is 478 g/mol. The van der Waals surface area contributed by atoms with E-state index in [1.165, 1.54) is 5.56 Å².